The van der Waals surface area contributed by atoms with E-state index in [0.717, 1.165) is 15.9 Å². The minimum atomic E-state index is -4.51. The van der Waals surface area contributed by atoms with Crippen LogP contribution in [0.1, 0.15) is 27.4 Å². The molecule has 2 aromatic carbocycles. The molecule has 1 heterocycles. The van der Waals surface area contributed by atoms with Gasteiger partial charge in [0.05, 0.1) is 11.8 Å². The fraction of sp³-hybridized carbons (Fsp3) is 0.100. The summed E-state index contributed by atoms with van der Waals surface area (Å²) >= 11 is 2.18. The van der Waals surface area contributed by atoms with Crippen LogP contribution in [0, 0.1) is 3.57 Å². The molecule has 1 N–H and O–H groups in total. The molecule has 150 valence electrons. The zero-order valence-corrected chi connectivity index (χ0v) is 16.9. The number of ether oxygens (including phenoxy) is 1. The Morgan fingerprint density at radius 3 is 2.55 bits per heavy atom. The Morgan fingerprint density at radius 2 is 1.83 bits per heavy atom. The van der Waals surface area contributed by atoms with Crippen molar-refractivity contribution in [1.82, 2.24) is 5.43 Å². The Balaban J connectivity index is 1.58. The molecule has 0 aliphatic heterocycles. The van der Waals surface area contributed by atoms with Crippen LogP contribution in [0.2, 0.25) is 0 Å². The van der Waals surface area contributed by atoms with Gasteiger partial charge in [0.15, 0.2) is 5.76 Å². The first-order chi connectivity index (χ1) is 13.8. The third kappa shape index (κ3) is 5.83. The van der Waals surface area contributed by atoms with E-state index in [2.05, 4.69) is 33.1 Å². The first-order valence-electron chi connectivity index (χ1n) is 8.29. The lowest BCUT2D eigenvalue weighted by Gasteiger charge is -2.09. The average molecular weight is 514 g/mol. The molecule has 0 saturated heterocycles. The second-order valence-electron chi connectivity index (χ2n) is 5.79. The Labute approximate surface area is 177 Å². The predicted molar refractivity (Wildman–Crippen MR) is 109 cm³/mol. The molecule has 0 fully saturated rings. The van der Waals surface area contributed by atoms with Gasteiger partial charge >= 0.3 is 12.1 Å². The summed E-state index contributed by atoms with van der Waals surface area (Å²) < 4.78 is 50.8. The molecule has 3 rings (SSSR count). The lowest BCUT2D eigenvalue weighted by molar-refractivity contribution is -0.137. The van der Waals surface area contributed by atoms with Crippen molar-refractivity contribution in [2.24, 2.45) is 5.10 Å². The van der Waals surface area contributed by atoms with Gasteiger partial charge in [-0.05, 0) is 65.1 Å². The summed E-state index contributed by atoms with van der Waals surface area (Å²) in [7, 11) is 0. The highest BCUT2D eigenvalue weighted by molar-refractivity contribution is 14.1. The third-order valence-corrected chi connectivity index (χ3v) is 4.44. The summed E-state index contributed by atoms with van der Waals surface area (Å²) in [5.74, 6) is 0.347. The summed E-state index contributed by atoms with van der Waals surface area (Å²) in [5.41, 5.74) is 1.14. The number of halogens is 4. The van der Waals surface area contributed by atoms with Crippen molar-refractivity contribution in [2.75, 3.05) is 0 Å². The normalized spacial score (nSPS) is 11.6. The van der Waals surface area contributed by atoms with Crippen LogP contribution in [0.3, 0.4) is 0 Å². The van der Waals surface area contributed by atoms with Gasteiger partial charge in [-0.3, -0.25) is 4.79 Å². The second-order valence-corrected chi connectivity index (χ2v) is 7.04. The van der Waals surface area contributed by atoms with Gasteiger partial charge in [-0.25, -0.2) is 5.43 Å². The largest absolute Gasteiger partial charge is 0.486 e. The number of hydrogen-bond donors (Lipinski definition) is 1. The minimum absolute atomic E-state index is 0.0348. The maximum atomic E-state index is 12.9. The van der Waals surface area contributed by atoms with Gasteiger partial charge < -0.3 is 9.15 Å². The number of nitrogens with zero attached hydrogens (tertiary/aromatic N) is 1. The lowest BCUT2D eigenvalue weighted by Crippen LogP contribution is -2.17. The maximum Gasteiger partial charge on any atom is 0.417 e. The van der Waals surface area contributed by atoms with Crippen LogP contribution < -0.4 is 10.2 Å². The van der Waals surface area contributed by atoms with E-state index in [9.17, 15) is 18.0 Å². The summed E-state index contributed by atoms with van der Waals surface area (Å²) in [6.45, 7) is 0.121. The first-order valence-corrected chi connectivity index (χ1v) is 9.37. The van der Waals surface area contributed by atoms with Crippen LogP contribution >= 0.6 is 22.6 Å². The zero-order chi connectivity index (χ0) is 20.9. The Morgan fingerprint density at radius 1 is 1.10 bits per heavy atom. The number of alkyl halides is 3. The van der Waals surface area contributed by atoms with E-state index in [1.54, 1.807) is 6.07 Å². The molecule has 0 spiro atoms. The number of hydrogen-bond acceptors (Lipinski definition) is 4. The number of hydrazone groups is 1. The maximum absolute atomic E-state index is 12.9. The Hall–Kier alpha value is -2.82. The van der Waals surface area contributed by atoms with Gasteiger partial charge in [-0.2, -0.15) is 18.3 Å². The van der Waals surface area contributed by atoms with Crippen molar-refractivity contribution >= 4 is 34.7 Å². The molecular formula is C20H14F3IN2O3. The van der Waals surface area contributed by atoms with Crippen molar-refractivity contribution in [3.63, 3.8) is 0 Å². The fourth-order valence-corrected chi connectivity index (χ4v) is 2.71. The van der Waals surface area contributed by atoms with Crippen LogP contribution in [0.25, 0.3) is 0 Å². The zero-order valence-electron chi connectivity index (χ0n) is 14.7. The molecule has 1 aromatic heterocycles. The van der Waals surface area contributed by atoms with Crippen molar-refractivity contribution in [2.45, 2.75) is 12.8 Å². The molecule has 5 nitrogen and oxygen atoms in total. The number of nitrogens with one attached hydrogen (secondary N) is 1. The number of furan rings is 1. The quantitative estimate of drug-likeness (QED) is 0.278. The van der Waals surface area contributed by atoms with Crippen LogP contribution in [0.4, 0.5) is 13.2 Å². The number of carbonyl (C=O) groups is 1. The van der Waals surface area contributed by atoms with Gasteiger partial charge in [-0.1, -0.05) is 18.2 Å². The molecule has 0 radical (unpaired) electrons. The minimum Gasteiger partial charge on any atom is -0.486 e. The van der Waals surface area contributed by atoms with Crippen LogP contribution in [0.15, 0.2) is 70.2 Å². The molecule has 1 amide bonds. The second kappa shape index (κ2) is 9.12. The summed E-state index contributed by atoms with van der Waals surface area (Å²) in [4.78, 5) is 12.1. The number of carbonyl (C=O) groups excluding carboxylic acids is 1. The van der Waals surface area contributed by atoms with Gasteiger partial charge in [0.1, 0.15) is 18.1 Å². The molecule has 0 unspecified atom stereocenters. The molecule has 0 atom stereocenters. The highest BCUT2D eigenvalue weighted by atomic mass is 127. The van der Waals surface area contributed by atoms with Gasteiger partial charge in [-0.15, -0.1) is 0 Å². The van der Waals surface area contributed by atoms with Crippen LogP contribution in [-0.2, 0) is 12.8 Å². The van der Waals surface area contributed by atoms with E-state index < -0.39 is 17.6 Å². The van der Waals surface area contributed by atoms with E-state index in [4.69, 9.17) is 9.15 Å². The Bertz CT molecular complexity index is 1010. The summed E-state index contributed by atoms with van der Waals surface area (Å²) in [6.07, 6.45) is -3.58. The monoisotopic (exact) mass is 514 g/mol. The molecule has 29 heavy (non-hydrogen) atoms. The molecule has 3 aromatic rings. The van der Waals surface area contributed by atoms with E-state index in [1.165, 1.54) is 24.3 Å². The van der Waals surface area contributed by atoms with Crippen LogP contribution in [-0.4, -0.2) is 12.1 Å². The highest BCUT2D eigenvalue weighted by Crippen LogP contribution is 2.31. The lowest BCUT2D eigenvalue weighted by atomic mass is 10.1. The molecular weight excluding hydrogens is 500 g/mol. The van der Waals surface area contributed by atoms with Gasteiger partial charge in [0.2, 0.25) is 0 Å². The van der Waals surface area contributed by atoms with Crippen molar-refractivity contribution < 1.29 is 27.1 Å². The summed E-state index contributed by atoms with van der Waals surface area (Å²) in [5, 5.41) is 3.59. The van der Waals surface area contributed by atoms with Crippen molar-refractivity contribution in [1.29, 1.82) is 0 Å². The van der Waals surface area contributed by atoms with E-state index in [0.29, 0.717) is 11.5 Å². The van der Waals surface area contributed by atoms with Crippen molar-refractivity contribution in [3.8, 4) is 5.75 Å². The summed E-state index contributed by atoms with van der Waals surface area (Å²) in [6, 6.07) is 15.3. The SMILES string of the molecule is O=C(N/N=C\c1ccccc1C(F)(F)F)c1ccc(COc2ccc(I)cc2)o1. The van der Waals surface area contributed by atoms with E-state index in [-0.39, 0.29) is 17.9 Å². The number of rotatable bonds is 6. The standard InChI is InChI=1S/C20H14F3IN2O3/c21-20(22,23)17-4-2-1-3-13(17)11-25-26-19(27)18-10-9-16(29-18)12-28-15-7-5-14(24)6-8-15/h1-11H,12H2,(H,26,27)/b25-11-. The number of amides is 1. The smallest absolute Gasteiger partial charge is 0.417 e. The van der Waals surface area contributed by atoms with Gasteiger partial charge in [0.25, 0.3) is 0 Å². The molecule has 0 aliphatic carbocycles. The molecule has 0 bridgehead atoms. The van der Waals surface area contributed by atoms with Crippen LogP contribution in [0.5, 0.6) is 5.75 Å². The fourth-order valence-electron chi connectivity index (χ4n) is 2.35. The topological polar surface area (TPSA) is 63.8 Å². The van der Waals surface area contributed by atoms with E-state index in [1.807, 2.05) is 24.3 Å². The molecule has 0 aliphatic rings. The van der Waals surface area contributed by atoms with Crippen molar-refractivity contribution in [3.05, 3.63) is 86.9 Å². The predicted octanol–water partition coefficient (Wildman–Crippen LogP) is 5.25. The third-order valence-electron chi connectivity index (χ3n) is 3.72. The van der Waals surface area contributed by atoms with E-state index >= 15 is 0 Å². The Kier molecular flexibility index (Phi) is 6.57. The molecule has 9 heteroatoms. The number of benzene rings is 2. The van der Waals surface area contributed by atoms with Gasteiger partial charge in [0, 0.05) is 9.13 Å². The highest BCUT2D eigenvalue weighted by Gasteiger charge is 2.32. The first kappa shape index (κ1) is 20.9. The molecule has 0 saturated carbocycles. The average Bonchev–Trinajstić information content (AvgIpc) is 3.16.